The van der Waals surface area contributed by atoms with Crippen molar-refractivity contribution in [2.24, 2.45) is 11.8 Å². The van der Waals surface area contributed by atoms with Gasteiger partial charge in [0.15, 0.2) is 11.6 Å². The highest BCUT2D eigenvalue weighted by atomic mass is 19.1. The number of methoxy groups -OCH3 is 2. The third-order valence-electron chi connectivity index (χ3n) is 7.49. The molecule has 0 aliphatic carbocycles. The molecule has 0 spiro atoms. The van der Waals surface area contributed by atoms with E-state index in [0.717, 1.165) is 4.90 Å². The number of rotatable bonds is 7. The maximum absolute atomic E-state index is 14.8. The molecule has 198 valence electrons. The number of ether oxygens (including phenoxy) is 2. The van der Waals surface area contributed by atoms with Crippen molar-refractivity contribution >= 4 is 17.7 Å². The molecule has 4 unspecified atom stereocenters. The summed E-state index contributed by atoms with van der Waals surface area (Å²) in [6.45, 7) is 3.12. The molecule has 4 rings (SSSR count). The zero-order chi connectivity index (χ0) is 27.6. The fourth-order valence-corrected chi connectivity index (χ4v) is 5.47. The van der Waals surface area contributed by atoms with Gasteiger partial charge in [0.2, 0.25) is 0 Å². The number of carbonyl (C=O) groups excluding carboxylic acids is 2. The van der Waals surface area contributed by atoms with Crippen LogP contribution in [-0.2, 0) is 0 Å². The van der Waals surface area contributed by atoms with Crippen LogP contribution in [0.25, 0.3) is 0 Å². The fraction of sp³-hybridized carbons (Fsp3) is 0.300. The number of amides is 1. The average Bonchev–Trinajstić information content (AvgIpc) is 2.93. The molecule has 0 radical (unpaired) electrons. The second-order valence-corrected chi connectivity index (χ2v) is 9.48. The molecule has 1 aliphatic heterocycles. The van der Waals surface area contributed by atoms with E-state index in [2.05, 4.69) is 0 Å². The summed E-state index contributed by atoms with van der Waals surface area (Å²) in [7, 11) is 2.97. The zero-order valence-electron chi connectivity index (χ0n) is 21.7. The Kier molecular flexibility index (Phi) is 7.80. The molecule has 1 aliphatic rings. The quantitative estimate of drug-likeness (QED) is 0.408. The van der Waals surface area contributed by atoms with Crippen molar-refractivity contribution in [2.45, 2.75) is 25.8 Å². The molecule has 4 atom stereocenters. The molecule has 3 aromatic rings. The van der Waals surface area contributed by atoms with Gasteiger partial charge >= 0.3 is 6.09 Å². The van der Waals surface area contributed by atoms with Crippen molar-refractivity contribution in [3.05, 3.63) is 94.8 Å². The number of Topliss-reactive ketones (excluding diaryl/α,β-unsaturated/α-hetero) is 2. The monoisotopic (exact) mass is 519 g/mol. The first-order valence-corrected chi connectivity index (χ1v) is 12.3. The van der Waals surface area contributed by atoms with Crippen molar-refractivity contribution in [1.82, 2.24) is 4.90 Å². The molecular formula is C30H30FNO6. The minimum atomic E-state index is -1.24. The lowest BCUT2D eigenvalue weighted by atomic mass is 9.65. The van der Waals surface area contributed by atoms with Crippen LogP contribution in [-0.4, -0.2) is 54.5 Å². The summed E-state index contributed by atoms with van der Waals surface area (Å²) in [4.78, 5) is 41.6. The molecule has 3 aromatic carbocycles. The molecule has 1 amide bonds. The van der Waals surface area contributed by atoms with Gasteiger partial charge in [-0.05, 0) is 55.3 Å². The zero-order valence-corrected chi connectivity index (χ0v) is 21.7. The third-order valence-corrected chi connectivity index (χ3v) is 7.49. The summed E-state index contributed by atoms with van der Waals surface area (Å²) in [6.07, 6.45) is -1.24. The van der Waals surface area contributed by atoms with Crippen molar-refractivity contribution in [2.75, 3.05) is 20.8 Å². The molecule has 8 heteroatoms. The summed E-state index contributed by atoms with van der Waals surface area (Å²) in [5.41, 5.74) is 1.46. The normalized spacial score (nSPS) is 21.0. The van der Waals surface area contributed by atoms with E-state index in [1.165, 1.54) is 20.3 Å². The highest BCUT2D eigenvalue weighted by Gasteiger charge is 2.50. The Bertz CT molecular complexity index is 1370. The molecule has 0 bridgehead atoms. The van der Waals surface area contributed by atoms with E-state index in [9.17, 15) is 23.9 Å². The largest absolute Gasteiger partial charge is 0.497 e. The first-order chi connectivity index (χ1) is 18.2. The Labute approximate surface area is 220 Å². The predicted molar refractivity (Wildman–Crippen MR) is 140 cm³/mol. The number of hydrogen-bond donors (Lipinski definition) is 1. The molecule has 0 saturated carbocycles. The number of ketones is 2. The molecule has 7 nitrogen and oxygen atoms in total. The second-order valence-electron chi connectivity index (χ2n) is 9.48. The fourth-order valence-electron chi connectivity index (χ4n) is 5.47. The van der Waals surface area contributed by atoms with Crippen molar-refractivity contribution < 1.29 is 33.4 Å². The number of carbonyl (C=O) groups is 3. The lowest BCUT2D eigenvalue weighted by Gasteiger charge is -2.46. The van der Waals surface area contributed by atoms with Crippen molar-refractivity contribution in [3.63, 3.8) is 0 Å². The maximum atomic E-state index is 14.8. The van der Waals surface area contributed by atoms with Crippen LogP contribution in [0.3, 0.4) is 0 Å². The van der Waals surface area contributed by atoms with Crippen LogP contribution < -0.4 is 9.47 Å². The Morgan fingerprint density at radius 3 is 2.00 bits per heavy atom. The van der Waals surface area contributed by atoms with Gasteiger partial charge in [-0.3, -0.25) is 9.59 Å². The minimum Gasteiger partial charge on any atom is -0.497 e. The number of benzene rings is 3. The van der Waals surface area contributed by atoms with Gasteiger partial charge in [0.25, 0.3) is 0 Å². The number of halogens is 1. The molecule has 1 fully saturated rings. The number of hydrogen-bond acceptors (Lipinski definition) is 5. The van der Waals surface area contributed by atoms with E-state index in [1.54, 1.807) is 74.5 Å². The molecule has 0 aromatic heterocycles. The van der Waals surface area contributed by atoms with Gasteiger partial charge in [-0.1, -0.05) is 36.4 Å². The summed E-state index contributed by atoms with van der Waals surface area (Å²) in [5.74, 6) is -2.92. The van der Waals surface area contributed by atoms with Crippen LogP contribution in [0, 0.1) is 24.6 Å². The number of nitrogens with zero attached hydrogens (tertiary/aromatic N) is 1. The summed E-state index contributed by atoms with van der Waals surface area (Å²) in [6, 6.07) is 17.0. The van der Waals surface area contributed by atoms with E-state index in [1.807, 2.05) is 0 Å². The highest BCUT2D eigenvalue weighted by Crippen LogP contribution is 2.45. The number of likely N-dealkylation sites (tertiary alicyclic amines) is 1. The minimum absolute atomic E-state index is 0.144. The summed E-state index contributed by atoms with van der Waals surface area (Å²) < 4.78 is 25.4. The van der Waals surface area contributed by atoms with Gasteiger partial charge in [-0.15, -0.1) is 0 Å². The topological polar surface area (TPSA) is 93.1 Å². The second kappa shape index (κ2) is 11.0. The Morgan fingerprint density at radius 2 is 1.45 bits per heavy atom. The Hall–Kier alpha value is -4.20. The van der Waals surface area contributed by atoms with Crippen LogP contribution in [0.4, 0.5) is 9.18 Å². The van der Waals surface area contributed by atoms with Crippen LogP contribution >= 0.6 is 0 Å². The van der Waals surface area contributed by atoms with E-state index < -0.39 is 35.7 Å². The van der Waals surface area contributed by atoms with Crippen LogP contribution in [0.1, 0.15) is 44.7 Å². The van der Waals surface area contributed by atoms with E-state index in [4.69, 9.17) is 9.47 Å². The van der Waals surface area contributed by atoms with Crippen LogP contribution in [0.15, 0.2) is 66.7 Å². The van der Waals surface area contributed by atoms with E-state index >= 15 is 0 Å². The standard InChI is InChI=1S/C30H30FNO6/c1-17-23(12-7-13-25(17)31)27-24(28(33)19-8-5-10-21(14-19)37-3)16-32(30(35)36)18(2)26(27)29(34)20-9-6-11-22(15-20)38-4/h5-15,18,24,26-27H,16H2,1-4H3,(H,35,36). The van der Waals surface area contributed by atoms with E-state index in [0.29, 0.717) is 33.8 Å². The van der Waals surface area contributed by atoms with Gasteiger partial charge in [0.05, 0.1) is 20.1 Å². The van der Waals surface area contributed by atoms with Gasteiger partial charge in [0, 0.05) is 35.5 Å². The van der Waals surface area contributed by atoms with Gasteiger partial charge in [-0.2, -0.15) is 0 Å². The number of piperidine rings is 1. The smallest absolute Gasteiger partial charge is 0.407 e. The van der Waals surface area contributed by atoms with Gasteiger partial charge in [0.1, 0.15) is 17.3 Å². The highest BCUT2D eigenvalue weighted by molar-refractivity contribution is 6.03. The predicted octanol–water partition coefficient (Wildman–Crippen LogP) is 5.62. The van der Waals surface area contributed by atoms with Crippen molar-refractivity contribution in [3.8, 4) is 11.5 Å². The summed E-state index contributed by atoms with van der Waals surface area (Å²) >= 11 is 0. The Morgan fingerprint density at radius 1 is 0.895 bits per heavy atom. The van der Waals surface area contributed by atoms with Crippen molar-refractivity contribution in [1.29, 1.82) is 0 Å². The van der Waals surface area contributed by atoms with E-state index in [-0.39, 0.29) is 18.1 Å². The van der Waals surface area contributed by atoms with Gasteiger partial charge < -0.3 is 19.5 Å². The molecule has 38 heavy (non-hydrogen) atoms. The molecule has 1 saturated heterocycles. The van der Waals surface area contributed by atoms with Crippen LogP contribution in [0.5, 0.6) is 11.5 Å². The maximum Gasteiger partial charge on any atom is 0.407 e. The lowest BCUT2D eigenvalue weighted by Crippen LogP contribution is -2.57. The molecular weight excluding hydrogens is 489 g/mol. The summed E-state index contributed by atoms with van der Waals surface area (Å²) in [5, 5.41) is 10.1. The van der Waals surface area contributed by atoms with Crippen LogP contribution in [0.2, 0.25) is 0 Å². The first-order valence-electron chi connectivity index (χ1n) is 12.3. The SMILES string of the molecule is COc1cccc(C(=O)C2CN(C(=O)O)C(C)C(C(=O)c3cccc(OC)c3)C2c2cccc(F)c2C)c1. The number of carboxylic acid groups (broad SMARTS) is 1. The average molecular weight is 520 g/mol. The first kappa shape index (κ1) is 26.9. The molecule has 1 N–H and O–H groups in total. The lowest BCUT2D eigenvalue weighted by molar-refractivity contribution is 0.0376. The molecule has 1 heterocycles. The van der Waals surface area contributed by atoms with Gasteiger partial charge in [-0.25, -0.2) is 9.18 Å². The Balaban J connectivity index is 1.93. The third kappa shape index (κ3) is 4.98.